The Balaban J connectivity index is 1.16. The van der Waals surface area contributed by atoms with E-state index in [1.807, 2.05) is 18.5 Å². The Labute approximate surface area is 295 Å². The lowest BCUT2D eigenvalue weighted by Gasteiger charge is -2.18. The molecular formula is C47H30N4. The van der Waals surface area contributed by atoms with Crippen LogP contribution < -0.4 is 0 Å². The van der Waals surface area contributed by atoms with Gasteiger partial charge in [-0.05, 0) is 86.3 Å². The van der Waals surface area contributed by atoms with Gasteiger partial charge in [-0.2, -0.15) is 0 Å². The third-order valence-electron chi connectivity index (χ3n) is 9.99. The van der Waals surface area contributed by atoms with E-state index in [9.17, 15) is 0 Å². The summed E-state index contributed by atoms with van der Waals surface area (Å²) in [6, 6.07) is 58.3. The number of aromatic nitrogens is 4. The first-order valence-corrected chi connectivity index (χ1v) is 17.2. The average Bonchev–Trinajstić information content (AvgIpc) is 3.54. The minimum atomic E-state index is 0.873. The van der Waals surface area contributed by atoms with E-state index in [2.05, 4.69) is 167 Å². The topological polar surface area (TPSA) is 43.6 Å². The molecule has 0 radical (unpaired) electrons. The standard InChI is InChI=1S/C47H30N4/c1-4-12-31(13-5-1)46-36-18-10-11-19-37(36)47(32-14-6-2-7-15-32)40-27-33(20-22-38(40)46)42-28-43(50-30-49-42)34-21-23-44-39(26-34)41-29-48-25-24-45(41)51(44)35-16-8-3-9-17-35/h1-30H. The van der Waals surface area contributed by atoms with Gasteiger partial charge < -0.3 is 4.57 Å². The fourth-order valence-corrected chi connectivity index (χ4v) is 7.72. The number of benzene rings is 7. The monoisotopic (exact) mass is 650 g/mol. The van der Waals surface area contributed by atoms with Crippen LogP contribution in [-0.2, 0) is 0 Å². The molecule has 0 saturated heterocycles. The van der Waals surface area contributed by atoms with E-state index in [0.717, 1.165) is 50.0 Å². The molecule has 0 aliphatic rings. The van der Waals surface area contributed by atoms with Crippen molar-refractivity contribution in [1.29, 1.82) is 0 Å². The largest absolute Gasteiger partial charge is 0.309 e. The van der Waals surface area contributed by atoms with Gasteiger partial charge in [0.05, 0.1) is 22.4 Å². The number of nitrogens with zero attached hydrogens (tertiary/aromatic N) is 4. The van der Waals surface area contributed by atoms with Crippen molar-refractivity contribution in [1.82, 2.24) is 19.5 Å². The van der Waals surface area contributed by atoms with Crippen LogP contribution >= 0.6 is 0 Å². The summed E-state index contributed by atoms with van der Waals surface area (Å²) >= 11 is 0. The number of rotatable bonds is 5. The number of hydrogen-bond donors (Lipinski definition) is 0. The van der Waals surface area contributed by atoms with Crippen molar-refractivity contribution in [2.24, 2.45) is 0 Å². The van der Waals surface area contributed by atoms with Crippen LogP contribution in [0.5, 0.6) is 0 Å². The highest BCUT2D eigenvalue weighted by Gasteiger charge is 2.18. The maximum atomic E-state index is 4.82. The second kappa shape index (κ2) is 11.9. The molecule has 0 fully saturated rings. The van der Waals surface area contributed by atoms with Gasteiger partial charge in [0.25, 0.3) is 0 Å². The quantitative estimate of drug-likeness (QED) is 0.174. The van der Waals surface area contributed by atoms with Crippen molar-refractivity contribution < 1.29 is 0 Å². The molecular weight excluding hydrogens is 621 g/mol. The van der Waals surface area contributed by atoms with E-state index in [0.29, 0.717) is 0 Å². The van der Waals surface area contributed by atoms with E-state index in [-0.39, 0.29) is 0 Å². The molecule has 51 heavy (non-hydrogen) atoms. The van der Waals surface area contributed by atoms with Gasteiger partial charge in [0.1, 0.15) is 6.33 Å². The van der Waals surface area contributed by atoms with Gasteiger partial charge in [-0.3, -0.25) is 4.98 Å². The van der Waals surface area contributed by atoms with Gasteiger partial charge in [0.15, 0.2) is 0 Å². The molecule has 7 aromatic carbocycles. The van der Waals surface area contributed by atoms with Crippen LogP contribution in [0.2, 0.25) is 0 Å². The lowest BCUT2D eigenvalue weighted by atomic mass is 9.85. The smallest absolute Gasteiger partial charge is 0.116 e. The molecule has 0 atom stereocenters. The zero-order chi connectivity index (χ0) is 33.7. The lowest BCUT2D eigenvalue weighted by Crippen LogP contribution is -1.94. The fourth-order valence-electron chi connectivity index (χ4n) is 7.72. The number of hydrogen-bond acceptors (Lipinski definition) is 3. The molecule has 4 heteroatoms. The van der Waals surface area contributed by atoms with Crippen molar-refractivity contribution in [3.8, 4) is 50.5 Å². The summed E-state index contributed by atoms with van der Waals surface area (Å²) in [5.74, 6) is 0. The van der Waals surface area contributed by atoms with Gasteiger partial charge in [-0.15, -0.1) is 0 Å². The van der Waals surface area contributed by atoms with Gasteiger partial charge in [-0.25, -0.2) is 9.97 Å². The molecule has 0 aliphatic carbocycles. The zero-order valence-corrected chi connectivity index (χ0v) is 27.6. The summed E-state index contributed by atoms with van der Waals surface area (Å²) < 4.78 is 2.30. The van der Waals surface area contributed by atoms with Crippen LogP contribution in [0, 0.1) is 0 Å². The SMILES string of the molecule is c1ccc(-c2c3ccccc3c(-c3ccccc3)c3cc(-c4cc(-c5ccc6c(c5)c5cnccc5n6-c5ccccc5)ncn4)ccc23)cc1. The number of pyridine rings is 1. The molecule has 0 spiro atoms. The van der Waals surface area contributed by atoms with Crippen LogP contribution in [0.15, 0.2) is 183 Å². The highest BCUT2D eigenvalue weighted by atomic mass is 15.0. The molecule has 4 nitrogen and oxygen atoms in total. The third-order valence-corrected chi connectivity index (χ3v) is 9.99. The van der Waals surface area contributed by atoms with Crippen molar-refractivity contribution in [3.05, 3.63) is 183 Å². The molecule has 0 aliphatic heterocycles. The Hall–Kier alpha value is -6.91. The summed E-state index contributed by atoms with van der Waals surface area (Å²) in [5, 5.41) is 7.12. The second-order valence-corrected chi connectivity index (χ2v) is 12.9. The van der Waals surface area contributed by atoms with Crippen LogP contribution in [-0.4, -0.2) is 19.5 Å². The van der Waals surface area contributed by atoms with Crippen LogP contribution in [0.3, 0.4) is 0 Å². The highest BCUT2D eigenvalue weighted by molar-refractivity contribution is 6.22. The fraction of sp³-hybridized carbons (Fsp3) is 0. The first-order chi connectivity index (χ1) is 25.3. The Morgan fingerprint density at radius 3 is 1.57 bits per heavy atom. The molecule has 10 aromatic rings. The van der Waals surface area contributed by atoms with Crippen molar-refractivity contribution in [3.63, 3.8) is 0 Å². The molecule has 0 amide bonds. The van der Waals surface area contributed by atoms with Crippen molar-refractivity contribution in [2.45, 2.75) is 0 Å². The summed E-state index contributed by atoms with van der Waals surface area (Å²) in [5.41, 5.74) is 12.1. The molecule has 0 saturated carbocycles. The average molecular weight is 651 g/mol. The molecule has 3 aromatic heterocycles. The zero-order valence-electron chi connectivity index (χ0n) is 27.6. The van der Waals surface area contributed by atoms with Gasteiger partial charge in [0.2, 0.25) is 0 Å². The highest BCUT2D eigenvalue weighted by Crippen LogP contribution is 2.45. The summed E-state index contributed by atoms with van der Waals surface area (Å²) in [6.07, 6.45) is 5.50. The van der Waals surface area contributed by atoms with Crippen LogP contribution in [0.25, 0.3) is 93.8 Å². The Bertz CT molecular complexity index is 2900. The minimum absolute atomic E-state index is 0.873. The van der Waals surface area contributed by atoms with Crippen LogP contribution in [0.4, 0.5) is 0 Å². The van der Waals surface area contributed by atoms with Crippen LogP contribution in [0.1, 0.15) is 0 Å². The normalized spacial score (nSPS) is 11.5. The third kappa shape index (κ3) is 4.80. The predicted molar refractivity (Wildman–Crippen MR) is 211 cm³/mol. The Morgan fingerprint density at radius 1 is 0.373 bits per heavy atom. The number of para-hydroxylation sites is 1. The van der Waals surface area contributed by atoms with Gasteiger partial charge >= 0.3 is 0 Å². The van der Waals surface area contributed by atoms with E-state index in [4.69, 9.17) is 9.97 Å². The summed E-state index contributed by atoms with van der Waals surface area (Å²) in [7, 11) is 0. The molecule has 0 bridgehead atoms. The lowest BCUT2D eigenvalue weighted by molar-refractivity contribution is 1.17. The Morgan fingerprint density at radius 2 is 0.902 bits per heavy atom. The molecule has 238 valence electrons. The second-order valence-electron chi connectivity index (χ2n) is 12.9. The molecule has 0 unspecified atom stereocenters. The van der Waals surface area contributed by atoms with Gasteiger partial charge in [0, 0.05) is 40.0 Å². The first-order valence-electron chi connectivity index (χ1n) is 17.2. The van der Waals surface area contributed by atoms with Crippen molar-refractivity contribution >= 4 is 43.4 Å². The van der Waals surface area contributed by atoms with E-state index in [1.54, 1.807) is 6.33 Å². The maximum Gasteiger partial charge on any atom is 0.116 e. The number of fused-ring (bicyclic) bond motifs is 5. The van der Waals surface area contributed by atoms with Gasteiger partial charge in [-0.1, -0.05) is 121 Å². The maximum absolute atomic E-state index is 4.82. The Kier molecular flexibility index (Phi) is 6.78. The molecule has 10 rings (SSSR count). The molecule has 3 heterocycles. The minimum Gasteiger partial charge on any atom is -0.309 e. The molecule has 0 N–H and O–H groups in total. The van der Waals surface area contributed by atoms with E-state index >= 15 is 0 Å². The van der Waals surface area contributed by atoms with E-state index < -0.39 is 0 Å². The van der Waals surface area contributed by atoms with Crippen molar-refractivity contribution in [2.75, 3.05) is 0 Å². The first kappa shape index (κ1) is 29.0. The summed E-state index contributed by atoms with van der Waals surface area (Å²) in [4.78, 5) is 14.1. The summed E-state index contributed by atoms with van der Waals surface area (Å²) in [6.45, 7) is 0. The van der Waals surface area contributed by atoms with E-state index in [1.165, 1.54) is 43.8 Å². The predicted octanol–water partition coefficient (Wildman–Crippen LogP) is 11.9.